The first-order valence-corrected chi connectivity index (χ1v) is 5.03. The monoisotopic (exact) mass is 215 g/mol. The summed E-state index contributed by atoms with van der Waals surface area (Å²) in [4.78, 5) is 12.9. The van der Waals surface area contributed by atoms with Crippen molar-refractivity contribution in [3.63, 3.8) is 0 Å². The Hall–Kier alpha value is -2.03. The molecule has 0 heterocycles. The van der Waals surface area contributed by atoms with Crippen LogP contribution >= 0.6 is 0 Å². The van der Waals surface area contributed by atoms with Crippen LogP contribution in [0.3, 0.4) is 0 Å². The van der Waals surface area contributed by atoms with E-state index in [1.165, 1.54) is 0 Å². The lowest BCUT2D eigenvalue weighted by Gasteiger charge is -2.15. The average molecular weight is 215 g/mol. The first kappa shape index (κ1) is 10.5. The third-order valence-corrected chi connectivity index (χ3v) is 2.59. The Morgan fingerprint density at radius 1 is 1.19 bits per heavy atom. The summed E-state index contributed by atoms with van der Waals surface area (Å²) in [5, 5.41) is 11.0. The molecule has 0 saturated carbocycles. The third-order valence-electron chi connectivity index (χ3n) is 2.59. The van der Waals surface area contributed by atoms with Crippen molar-refractivity contribution in [2.75, 3.05) is 19.0 Å². The Morgan fingerprint density at radius 2 is 1.94 bits per heavy atom. The lowest BCUT2D eigenvalue weighted by molar-refractivity contribution is 0.0697. The number of aromatic carboxylic acids is 1. The Balaban J connectivity index is 2.73. The van der Waals surface area contributed by atoms with E-state index in [9.17, 15) is 4.79 Å². The molecule has 16 heavy (non-hydrogen) atoms. The van der Waals surface area contributed by atoms with Crippen molar-refractivity contribution in [3.05, 3.63) is 42.0 Å². The van der Waals surface area contributed by atoms with Gasteiger partial charge in [-0.25, -0.2) is 4.79 Å². The van der Waals surface area contributed by atoms with Gasteiger partial charge in [-0.2, -0.15) is 0 Å². The number of hydrogen-bond donors (Lipinski definition) is 1. The first-order chi connectivity index (χ1) is 7.59. The Kier molecular flexibility index (Phi) is 2.52. The smallest absolute Gasteiger partial charge is 0.335 e. The van der Waals surface area contributed by atoms with E-state index in [0.29, 0.717) is 5.56 Å². The fourth-order valence-electron chi connectivity index (χ4n) is 1.78. The van der Waals surface area contributed by atoms with Crippen LogP contribution < -0.4 is 4.90 Å². The number of fused-ring (bicyclic) bond motifs is 1. The van der Waals surface area contributed by atoms with E-state index in [-0.39, 0.29) is 0 Å². The molecular formula is C13H13NO2. The van der Waals surface area contributed by atoms with Crippen LogP contribution in [0.2, 0.25) is 0 Å². The molecule has 1 N–H and O–H groups in total. The second-order valence-electron chi connectivity index (χ2n) is 3.91. The van der Waals surface area contributed by atoms with Gasteiger partial charge in [-0.3, -0.25) is 0 Å². The van der Waals surface area contributed by atoms with Crippen molar-refractivity contribution in [2.45, 2.75) is 0 Å². The fraction of sp³-hybridized carbons (Fsp3) is 0.154. The summed E-state index contributed by atoms with van der Waals surface area (Å²) in [6.45, 7) is 0. The molecule has 3 nitrogen and oxygen atoms in total. The van der Waals surface area contributed by atoms with Gasteiger partial charge in [0.05, 0.1) is 5.56 Å². The Bertz CT molecular complexity index is 547. The third kappa shape index (κ3) is 1.72. The number of benzene rings is 2. The topological polar surface area (TPSA) is 40.5 Å². The molecule has 0 spiro atoms. The Labute approximate surface area is 93.9 Å². The second-order valence-corrected chi connectivity index (χ2v) is 3.91. The van der Waals surface area contributed by atoms with E-state index in [2.05, 4.69) is 0 Å². The summed E-state index contributed by atoms with van der Waals surface area (Å²) < 4.78 is 0. The van der Waals surface area contributed by atoms with Gasteiger partial charge in [-0.15, -0.1) is 0 Å². The normalized spacial score (nSPS) is 10.4. The zero-order chi connectivity index (χ0) is 11.7. The van der Waals surface area contributed by atoms with Crippen molar-refractivity contribution >= 4 is 22.4 Å². The molecule has 0 unspecified atom stereocenters. The molecule has 0 aliphatic heterocycles. The molecule has 0 bridgehead atoms. The highest BCUT2D eigenvalue weighted by Crippen LogP contribution is 2.26. The predicted molar refractivity (Wildman–Crippen MR) is 65.2 cm³/mol. The van der Waals surface area contributed by atoms with Gasteiger partial charge in [0, 0.05) is 25.2 Å². The highest BCUT2D eigenvalue weighted by molar-refractivity contribution is 5.99. The van der Waals surface area contributed by atoms with Crippen molar-refractivity contribution < 1.29 is 9.90 Å². The SMILES string of the molecule is CN(C)c1cccc2ccc(C(=O)O)cc12. The van der Waals surface area contributed by atoms with Gasteiger partial charge in [0.15, 0.2) is 0 Å². The van der Waals surface area contributed by atoms with Gasteiger partial charge in [0.2, 0.25) is 0 Å². The minimum absolute atomic E-state index is 0.321. The number of hydrogen-bond acceptors (Lipinski definition) is 2. The molecule has 0 aromatic heterocycles. The van der Waals surface area contributed by atoms with Crippen LogP contribution in [0.1, 0.15) is 10.4 Å². The molecule has 0 fully saturated rings. The molecule has 0 radical (unpaired) electrons. The quantitative estimate of drug-likeness (QED) is 0.837. The number of nitrogens with zero attached hydrogens (tertiary/aromatic N) is 1. The zero-order valence-electron chi connectivity index (χ0n) is 9.27. The number of carbonyl (C=O) groups is 1. The van der Waals surface area contributed by atoms with Crippen molar-refractivity contribution in [1.82, 2.24) is 0 Å². The molecular weight excluding hydrogens is 202 g/mol. The molecule has 3 heteroatoms. The summed E-state index contributed by atoms with van der Waals surface area (Å²) >= 11 is 0. The largest absolute Gasteiger partial charge is 0.478 e. The molecule has 2 aromatic rings. The van der Waals surface area contributed by atoms with E-state index in [4.69, 9.17) is 5.11 Å². The molecule has 2 rings (SSSR count). The van der Waals surface area contributed by atoms with Gasteiger partial charge in [-0.1, -0.05) is 18.2 Å². The van der Waals surface area contributed by atoms with Crippen molar-refractivity contribution in [2.24, 2.45) is 0 Å². The van der Waals surface area contributed by atoms with Crippen LogP contribution in [-0.4, -0.2) is 25.2 Å². The maximum absolute atomic E-state index is 10.9. The van der Waals surface area contributed by atoms with Gasteiger partial charge in [-0.05, 0) is 23.6 Å². The average Bonchev–Trinajstić information content (AvgIpc) is 2.27. The van der Waals surface area contributed by atoms with E-state index >= 15 is 0 Å². The summed E-state index contributed by atoms with van der Waals surface area (Å²) in [6, 6.07) is 11.1. The van der Waals surface area contributed by atoms with Crippen LogP contribution in [0.4, 0.5) is 5.69 Å². The summed E-state index contributed by atoms with van der Waals surface area (Å²) in [6.07, 6.45) is 0. The second kappa shape index (κ2) is 3.85. The van der Waals surface area contributed by atoms with E-state index < -0.39 is 5.97 Å². The van der Waals surface area contributed by atoms with Crippen molar-refractivity contribution in [3.8, 4) is 0 Å². The summed E-state index contributed by atoms with van der Waals surface area (Å²) in [7, 11) is 3.89. The van der Waals surface area contributed by atoms with Crippen LogP contribution in [0.25, 0.3) is 10.8 Å². The van der Waals surface area contributed by atoms with Crippen LogP contribution in [0.5, 0.6) is 0 Å². The highest BCUT2D eigenvalue weighted by atomic mass is 16.4. The first-order valence-electron chi connectivity index (χ1n) is 5.03. The predicted octanol–water partition coefficient (Wildman–Crippen LogP) is 2.60. The van der Waals surface area contributed by atoms with Gasteiger partial charge in [0.1, 0.15) is 0 Å². The van der Waals surface area contributed by atoms with E-state index in [1.807, 2.05) is 43.3 Å². The molecule has 0 aliphatic carbocycles. The number of carboxylic acids is 1. The minimum Gasteiger partial charge on any atom is -0.478 e. The Morgan fingerprint density at radius 3 is 2.56 bits per heavy atom. The highest BCUT2D eigenvalue weighted by Gasteiger charge is 2.07. The van der Waals surface area contributed by atoms with Crippen LogP contribution in [-0.2, 0) is 0 Å². The maximum Gasteiger partial charge on any atom is 0.335 e. The number of carboxylic acid groups (broad SMARTS) is 1. The van der Waals surface area contributed by atoms with Crippen LogP contribution in [0, 0.1) is 0 Å². The van der Waals surface area contributed by atoms with Crippen LogP contribution in [0.15, 0.2) is 36.4 Å². The van der Waals surface area contributed by atoms with E-state index in [0.717, 1.165) is 16.5 Å². The molecule has 0 amide bonds. The molecule has 0 aliphatic rings. The summed E-state index contributed by atoms with van der Waals surface area (Å²) in [5.41, 5.74) is 1.35. The zero-order valence-corrected chi connectivity index (χ0v) is 9.27. The molecule has 0 saturated heterocycles. The summed E-state index contributed by atoms with van der Waals surface area (Å²) in [5.74, 6) is -0.893. The van der Waals surface area contributed by atoms with E-state index in [1.54, 1.807) is 12.1 Å². The molecule has 2 aromatic carbocycles. The maximum atomic E-state index is 10.9. The standard InChI is InChI=1S/C13H13NO2/c1-14(2)12-5-3-4-9-6-7-10(13(15)16)8-11(9)12/h3-8H,1-2H3,(H,15,16). The van der Waals surface area contributed by atoms with Gasteiger partial charge in [0.25, 0.3) is 0 Å². The van der Waals surface area contributed by atoms with Gasteiger partial charge < -0.3 is 10.0 Å². The molecule has 82 valence electrons. The van der Waals surface area contributed by atoms with Crippen molar-refractivity contribution in [1.29, 1.82) is 0 Å². The number of rotatable bonds is 2. The lowest BCUT2D eigenvalue weighted by atomic mass is 10.0. The lowest BCUT2D eigenvalue weighted by Crippen LogP contribution is -2.09. The molecule has 0 atom stereocenters. The fourth-order valence-corrected chi connectivity index (χ4v) is 1.78. The minimum atomic E-state index is -0.893. The number of anilines is 1. The van der Waals surface area contributed by atoms with Gasteiger partial charge >= 0.3 is 5.97 Å².